The molecule has 2 aromatic carbocycles. The molecule has 0 fully saturated rings. The van der Waals surface area contributed by atoms with E-state index in [4.69, 9.17) is 14.2 Å². The average molecular weight is 396 g/mol. The number of rotatable bonds is 5. The number of nitrogens with zero attached hydrogens (tertiary/aromatic N) is 1. The predicted octanol–water partition coefficient (Wildman–Crippen LogP) is 4.08. The third-order valence-corrected chi connectivity index (χ3v) is 5.52. The van der Waals surface area contributed by atoms with Gasteiger partial charge in [-0.2, -0.15) is 0 Å². The van der Waals surface area contributed by atoms with Crippen molar-refractivity contribution in [3.05, 3.63) is 59.1 Å². The normalized spacial score (nSPS) is 15.3. The zero-order valence-corrected chi connectivity index (χ0v) is 16.4. The number of amides is 1. The van der Waals surface area contributed by atoms with Gasteiger partial charge in [-0.1, -0.05) is 18.2 Å². The summed E-state index contributed by atoms with van der Waals surface area (Å²) in [4.78, 5) is 17.3. The maximum atomic E-state index is 12.7. The molecular weight excluding hydrogens is 376 g/mol. The van der Waals surface area contributed by atoms with Crippen LogP contribution in [0.5, 0.6) is 17.2 Å². The highest BCUT2D eigenvalue weighted by Gasteiger charge is 2.24. The Morgan fingerprint density at radius 3 is 2.82 bits per heavy atom. The first kappa shape index (κ1) is 18.3. The fourth-order valence-corrected chi connectivity index (χ4v) is 4.00. The number of aromatic nitrogens is 1. The lowest BCUT2D eigenvalue weighted by atomic mass is 10.0. The minimum atomic E-state index is -0.190. The van der Waals surface area contributed by atoms with Crippen molar-refractivity contribution < 1.29 is 19.0 Å². The summed E-state index contributed by atoms with van der Waals surface area (Å²) < 4.78 is 16.3. The van der Waals surface area contributed by atoms with E-state index in [1.54, 1.807) is 19.6 Å². The number of carbonyl (C=O) groups is 1. The van der Waals surface area contributed by atoms with Gasteiger partial charge in [-0.25, -0.2) is 4.98 Å². The highest BCUT2D eigenvalue weighted by molar-refractivity contribution is 7.13. The van der Waals surface area contributed by atoms with Gasteiger partial charge in [0.1, 0.15) is 16.5 Å². The molecule has 1 N–H and O–H groups in total. The second-order valence-electron chi connectivity index (χ2n) is 6.31. The molecule has 0 saturated carbocycles. The van der Waals surface area contributed by atoms with Crippen molar-refractivity contribution in [2.24, 2.45) is 0 Å². The van der Waals surface area contributed by atoms with Crippen LogP contribution in [0.2, 0.25) is 0 Å². The van der Waals surface area contributed by atoms with Gasteiger partial charge in [0, 0.05) is 22.9 Å². The molecule has 2 heterocycles. The third kappa shape index (κ3) is 3.53. The van der Waals surface area contributed by atoms with Crippen LogP contribution in [0.4, 0.5) is 0 Å². The molecule has 1 atom stereocenters. The fourth-order valence-electron chi connectivity index (χ4n) is 3.20. The molecule has 4 rings (SSSR count). The Balaban J connectivity index is 1.53. The van der Waals surface area contributed by atoms with E-state index < -0.39 is 0 Å². The van der Waals surface area contributed by atoms with E-state index in [2.05, 4.69) is 10.3 Å². The number of ether oxygens (including phenoxy) is 3. The minimum absolute atomic E-state index is 0.0799. The summed E-state index contributed by atoms with van der Waals surface area (Å²) in [5.74, 6) is 1.91. The highest BCUT2D eigenvalue weighted by Crippen LogP contribution is 2.34. The predicted molar refractivity (Wildman–Crippen MR) is 107 cm³/mol. The quantitative estimate of drug-likeness (QED) is 0.704. The van der Waals surface area contributed by atoms with Gasteiger partial charge in [0.2, 0.25) is 0 Å². The van der Waals surface area contributed by atoms with Crippen molar-refractivity contribution in [3.8, 4) is 27.8 Å². The van der Waals surface area contributed by atoms with Gasteiger partial charge >= 0.3 is 0 Å². The van der Waals surface area contributed by atoms with Crippen molar-refractivity contribution in [3.63, 3.8) is 0 Å². The van der Waals surface area contributed by atoms with Crippen molar-refractivity contribution in [1.29, 1.82) is 0 Å². The summed E-state index contributed by atoms with van der Waals surface area (Å²) in [6, 6.07) is 13.3. The molecule has 3 aromatic rings. The van der Waals surface area contributed by atoms with Crippen LogP contribution in [-0.2, 0) is 0 Å². The van der Waals surface area contributed by atoms with Gasteiger partial charge < -0.3 is 19.5 Å². The van der Waals surface area contributed by atoms with Crippen LogP contribution >= 0.6 is 11.3 Å². The lowest BCUT2D eigenvalue weighted by molar-refractivity contribution is 0.0920. The second-order valence-corrected chi connectivity index (χ2v) is 7.17. The van der Waals surface area contributed by atoms with Crippen LogP contribution in [0.25, 0.3) is 10.6 Å². The Kier molecular flexibility index (Phi) is 5.16. The third-order valence-electron chi connectivity index (χ3n) is 4.63. The van der Waals surface area contributed by atoms with Gasteiger partial charge in [0.25, 0.3) is 5.91 Å². The minimum Gasteiger partial charge on any atom is -0.493 e. The van der Waals surface area contributed by atoms with E-state index in [1.807, 2.05) is 42.5 Å². The summed E-state index contributed by atoms with van der Waals surface area (Å²) in [7, 11) is 3.19. The molecule has 7 heteroatoms. The van der Waals surface area contributed by atoms with Gasteiger partial charge in [-0.15, -0.1) is 11.3 Å². The second kappa shape index (κ2) is 7.90. The number of nitrogens with one attached hydrogen (secondary N) is 1. The van der Waals surface area contributed by atoms with E-state index in [0.29, 0.717) is 23.8 Å². The van der Waals surface area contributed by atoms with E-state index in [0.717, 1.165) is 28.3 Å². The lowest BCUT2D eigenvalue weighted by Crippen LogP contribution is -2.32. The molecule has 6 nitrogen and oxygen atoms in total. The Morgan fingerprint density at radius 1 is 1.18 bits per heavy atom. The van der Waals surface area contributed by atoms with Gasteiger partial charge in [-0.3, -0.25) is 4.79 Å². The molecule has 1 amide bonds. The van der Waals surface area contributed by atoms with Gasteiger partial charge in [0.05, 0.1) is 26.9 Å². The molecule has 0 saturated heterocycles. The van der Waals surface area contributed by atoms with Crippen LogP contribution < -0.4 is 19.5 Å². The summed E-state index contributed by atoms with van der Waals surface area (Å²) in [5, 5.41) is 5.60. The number of hydrogen-bond donors (Lipinski definition) is 1. The smallest absolute Gasteiger partial charge is 0.271 e. The van der Waals surface area contributed by atoms with Gasteiger partial charge in [0.15, 0.2) is 11.5 Å². The molecule has 28 heavy (non-hydrogen) atoms. The first-order valence-electron chi connectivity index (χ1n) is 8.90. The number of methoxy groups -OCH3 is 2. The van der Waals surface area contributed by atoms with E-state index in [9.17, 15) is 4.79 Å². The summed E-state index contributed by atoms with van der Waals surface area (Å²) in [5.41, 5.74) is 2.27. The van der Waals surface area contributed by atoms with Crippen LogP contribution in [0.1, 0.15) is 28.5 Å². The molecule has 1 aliphatic heterocycles. The molecule has 0 radical (unpaired) electrons. The van der Waals surface area contributed by atoms with Crippen molar-refractivity contribution in [2.45, 2.75) is 12.5 Å². The molecule has 0 spiro atoms. The largest absolute Gasteiger partial charge is 0.493 e. The molecule has 0 bridgehead atoms. The summed E-state index contributed by atoms with van der Waals surface area (Å²) in [6.45, 7) is 0.579. The number of benzene rings is 2. The Hall–Kier alpha value is -3.06. The number of hydrogen-bond acceptors (Lipinski definition) is 6. The Labute approximate surface area is 167 Å². The number of carbonyl (C=O) groups excluding carboxylic acids is 1. The molecule has 1 aliphatic rings. The molecule has 1 aromatic heterocycles. The summed E-state index contributed by atoms with van der Waals surface area (Å²) in [6.07, 6.45) is 0.732. The fraction of sp³-hybridized carbons (Fsp3) is 0.238. The maximum absolute atomic E-state index is 12.7. The van der Waals surface area contributed by atoms with Crippen LogP contribution in [0.3, 0.4) is 0 Å². The number of thiazole rings is 1. The maximum Gasteiger partial charge on any atom is 0.271 e. The summed E-state index contributed by atoms with van der Waals surface area (Å²) >= 11 is 1.42. The first-order chi connectivity index (χ1) is 13.7. The average Bonchev–Trinajstić information content (AvgIpc) is 3.24. The Morgan fingerprint density at radius 2 is 2.00 bits per heavy atom. The topological polar surface area (TPSA) is 69.7 Å². The van der Waals surface area contributed by atoms with Crippen molar-refractivity contribution in [1.82, 2.24) is 10.3 Å². The van der Waals surface area contributed by atoms with Crippen LogP contribution in [-0.4, -0.2) is 31.7 Å². The molecule has 0 aliphatic carbocycles. The number of fused-ring (bicyclic) bond motifs is 1. The van der Waals surface area contributed by atoms with Gasteiger partial charge in [-0.05, 0) is 24.3 Å². The van der Waals surface area contributed by atoms with E-state index in [1.165, 1.54) is 11.3 Å². The van der Waals surface area contributed by atoms with E-state index in [-0.39, 0.29) is 11.9 Å². The van der Waals surface area contributed by atoms with Crippen molar-refractivity contribution >= 4 is 17.2 Å². The van der Waals surface area contributed by atoms with E-state index >= 15 is 0 Å². The molecular formula is C21H20N2O4S. The zero-order chi connectivity index (χ0) is 19.5. The molecule has 0 unspecified atom stereocenters. The van der Waals surface area contributed by atoms with Crippen LogP contribution in [0.15, 0.2) is 47.8 Å². The standard InChI is InChI=1S/C21H20N2O4S/c1-25-18-8-7-13(11-19(18)26-2)21-23-16(12-28-21)20(24)22-15-9-10-27-17-6-4-3-5-14(15)17/h3-8,11-12,15H,9-10H2,1-2H3,(H,22,24)/t15-/m1/s1. The monoisotopic (exact) mass is 396 g/mol. The lowest BCUT2D eigenvalue weighted by Gasteiger charge is -2.26. The Bertz CT molecular complexity index is 1000. The van der Waals surface area contributed by atoms with Crippen molar-refractivity contribution in [2.75, 3.05) is 20.8 Å². The van der Waals surface area contributed by atoms with Crippen LogP contribution in [0, 0.1) is 0 Å². The molecule has 144 valence electrons. The SMILES string of the molecule is COc1ccc(-c2nc(C(=O)N[C@@H]3CCOc4ccccc43)cs2)cc1OC. The highest BCUT2D eigenvalue weighted by atomic mass is 32.1. The number of para-hydroxylation sites is 1. The zero-order valence-electron chi connectivity index (χ0n) is 15.6. The first-order valence-corrected chi connectivity index (χ1v) is 9.78.